The van der Waals surface area contributed by atoms with Gasteiger partial charge in [0.2, 0.25) is 5.91 Å². The van der Waals surface area contributed by atoms with Gasteiger partial charge in [0.05, 0.1) is 31.7 Å². The van der Waals surface area contributed by atoms with Crippen LogP contribution < -0.4 is 0 Å². The smallest absolute Gasteiger partial charge is 0.271 e. The molecule has 7 heteroatoms. The number of hydrogen-bond donors (Lipinski definition) is 0. The summed E-state index contributed by atoms with van der Waals surface area (Å²) in [5.74, 6) is 0.252. The van der Waals surface area contributed by atoms with Crippen LogP contribution in [0.15, 0.2) is 12.5 Å². The fourth-order valence-electron chi connectivity index (χ4n) is 3.51. The Balaban J connectivity index is 1.55. The van der Waals surface area contributed by atoms with E-state index in [2.05, 4.69) is 4.98 Å². The van der Waals surface area contributed by atoms with Crippen molar-refractivity contribution >= 4 is 11.8 Å². The molecule has 0 N–H and O–H groups in total. The van der Waals surface area contributed by atoms with E-state index in [-0.39, 0.29) is 17.7 Å². The van der Waals surface area contributed by atoms with E-state index in [0.29, 0.717) is 26.2 Å². The lowest BCUT2D eigenvalue weighted by Gasteiger charge is -2.39. The van der Waals surface area contributed by atoms with Gasteiger partial charge < -0.3 is 9.47 Å². The van der Waals surface area contributed by atoms with E-state index in [1.54, 1.807) is 12.5 Å². The van der Waals surface area contributed by atoms with Crippen molar-refractivity contribution in [2.45, 2.75) is 44.7 Å². The molecule has 3 heterocycles. The Morgan fingerprint density at radius 2 is 2.04 bits per heavy atom. The summed E-state index contributed by atoms with van der Waals surface area (Å²) in [6.07, 6.45) is 8.46. The molecule has 1 aromatic rings. The minimum absolute atomic E-state index is 0.0740. The van der Waals surface area contributed by atoms with Gasteiger partial charge in [-0.25, -0.2) is 10.0 Å². The van der Waals surface area contributed by atoms with Crippen LogP contribution >= 0.6 is 0 Å². The van der Waals surface area contributed by atoms with Gasteiger partial charge in [-0.1, -0.05) is 6.42 Å². The van der Waals surface area contributed by atoms with Crippen LogP contribution in [0.25, 0.3) is 0 Å². The van der Waals surface area contributed by atoms with E-state index in [0.717, 1.165) is 37.8 Å². The molecule has 1 atom stereocenters. The van der Waals surface area contributed by atoms with E-state index < -0.39 is 6.04 Å². The molecule has 4 rings (SSSR count). The predicted octanol–water partition coefficient (Wildman–Crippen LogP) is 1.12. The minimum Gasteiger partial charge on any atom is -0.334 e. The molecule has 2 amide bonds. The minimum atomic E-state index is -0.427. The molecular weight excluding hydrogens is 296 g/mol. The molecule has 1 unspecified atom stereocenters. The van der Waals surface area contributed by atoms with Crippen LogP contribution in [0.2, 0.25) is 0 Å². The van der Waals surface area contributed by atoms with Gasteiger partial charge in [0.1, 0.15) is 6.04 Å². The summed E-state index contributed by atoms with van der Waals surface area (Å²) in [6.45, 7) is 2.16. The number of aromatic nitrogens is 2. The zero-order valence-corrected chi connectivity index (χ0v) is 13.2. The maximum Gasteiger partial charge on any atom is 0.271 e. The molecule has 1 saturated carbocycles. The average molecular weight is 318 g/mol. The van der Waals surface area contributed by atoms with Gasteiger partial charge in [-0.2, -0.15) is 0 Å². The molecule has 3 aliphatic rings. The maximum atomic E-state index is 12.8. The molecule has 1 aliphatic carbocycles. The monoisotopic (exact) mass is 318 g/mol. The van der Waals surface area contributed by atoms with E-state index in [1.807, 2.05) is 9.47 Å². The van der Waals surface area contributed by atoms with Crippen LogP contribution in [0.4, 0.5) is 0 Å². The predicted molar refractivity (Wildman–Crippen MR) is 80.9 cm³/mol. The van der Waals surface area contributed by atoms with Crippen molar-refractivity contribution in [1.82, 2.24) is 19.5 Å². The van der Waals surface area contributed by atoms with Gasteiger partial charge in [0.15, 0.2) is 0 Å². The third kappa shape index (κ3) is 2.63. The molecule has 0 radical (unpaired) electrons. The van der Waals surface area contributed by atoms with E-state index >= 15 is 0 Å². The first-order chi connectivity index (χ1) is 11.2. The molecule has 1 saturated heterocycles. The molecule has 0 aromatic carbocycles. The van der Waals surface area contributed by atoms with Gasteiger partial charge in [0.25, 0.3) is 5.91 Å². The highest BCUT2D eigenvalue weighted by atomic mass is 16.7. The molecule has 0 spiro atoms. The largest absolute Gasteiger partial charge is 0.334 e. The number of imidazole rings is 1. The van der Waals surface area contributed by atoms with Crippen molar-refractivity contribution in [3.63, 3.8) is 0 Å². The second-order valence-corrected chi connectivity index (χ2v) is 6.64. The Kier molecular flexibility index (Phi) is 3.80. The van der Waals surface area contributed by atoms with E-state index in [1.165, 1.54) is 5.06 Å². The van der Waals surface area contributed by atoms with Gasteiger partial charge in [-0.05, 0) is 25.7 Å². The number of hydroxylamine groups is 2. The normalized spacial score (nSPS) is 25.0. The Morgan fingerprint density at radius 1 is 1.17 bits per heavy atom. The summed E-state index contributed by atoms with van der Waals surface area (Å²) < 4.78 is 1.89. The topological polar surface area (TPSA) is 67.7 Å². The van der Waals surface area contributed by atoms with Crippen LogP contribution in [0.3, 0.4) is 0 Å². The average Bonchev–Trinajstić information content (AvgIpc) is 3.01. The van der Waals surface area contributed by atoms with Crippen molar-refractivity contribution < 1.29 is 14.4 Å². The molecule has 1 aromatic heterocycles. The molecule has 2 aliphatic heterocycles. The second-order valence-electron chi connectivity index (χ2n) is 6.64. The second kappa shape index (κ2) is 5.96. The summed E-state index contributed by atoms with van der Waals surface area (Å²) >= 11 is 0. The summed E-state index contributed by atoms with van der Waals surface area (Å²) in [7, 11) is 0. The highest BCUT2D eigenvalue weighted by molar-refractivity contribution is 5.83. The lowest BCUT2D eigenvalue weighted by atomic mass is 9.84. The van der Waals surface area contributed by atoms with Crippen molar-refractivity contribution in [3.05, 3.63) is 18.2 Å². The molecule has 23 heavy (non-hydrogen) atoms. The van der Waals surface area contributed by atoms with E-state index in [9.17, 15) is 9.59 Å². The maximum absolute atomic E-state index is 12.8. The molecule has 0 bridgehead atoms. The van der Waals surface area contributed by atoms with Crippen molar-refractivity contribution in [1.29, 1.82) is 0 Å². The van der Waals surface area contributed by atoms with Gasteiger partial charge >= 0.3 is 0 Å². The highest BCUT2D eigenvalue weighted by Gasteiger charge is 2.38. The summed E-state index contributed by atoms with van der Waals surface area (Å²) in [5.41, 5.74) is 0.916. The lowest BCUT2D eigenvalue weighted by molar-refractivity contribution is -0.201. The number of carbonyl (C=O) groups excluding carboxylic acids is 2. The van der Waals surface area contributed by atoms with Gasteiger partial charge in [0, 0.05) is 18.7 Å². The van der Waals surface area contributed by atoms with Crippen LogP contribution in [-0.2, 0) is 21.0 Å². The number of nitrogens with zero attached hydrogens (tertiary/aromatic N) is 4. The molecule has 2 fully saturated rings. The van der Waals surface area contributed by atoms with Crippen LogP contribution in [0.1, 0.15) is 43.8 Å². The van der Waals surface area contributed by atoms with Crippen LogP contribution in [-0.4, -0.2) is 51.0 Å². The first kappa shape index (κ1) is 14.7. The van der Waals surface area contributed by atoms with Gasteiger partial charge in [-0.3, -0.25) is 14.4 Å². The van der Waals surface area contributed by atoms with Crippen LogP contribution in [0.5, 0.6) is 0 Å². The Morgan fingerprint density at radius 3 is 2.74 bits per heavy atom. The lowest BCUT2D eigenvalue weighted by Crippen LogP contribution is -2.50. The Labute approximate surface area is 135 Å². The Hall–Kier alpha value is -1.89. The van der Waals surface area contributed by atoms with Crippen LogP contribution in [0, 0.1) is 5.92 Å². The third-order valence-electron chi connectivity index (χ3n) is 5.13. The van der Waals surface area contributed by atoms with Crippen molar-refractivity contribution in [2.75, 3.05) is 19.7 Å². The first-order valence-corrected chi connectivity index (χ1v) is 8.48. The standard InChI is InChI=1S/C16H22N4O3/c21-15(12-4-3-5-12)18-9-13-8-17-11-19(13)14(10-18)16(22)20-6-1-2-7-23-20/h8,11-12,14H,1-7,9-10H2. The number of rotatable bonds is 2. The molecular formula is C16H22N4O3. The zero-order valence-electron chi connectivity index (χ0n) is 13.2. The van der Waals surface area contributed by atoms with Crippen molar-refractivity contribution in [3.8, 4) is 0 Å². The molecule has 7 nitrogen and oxygen atoms in total. The van der Waals surface area contributed by atoms with E-state index in [4.69, 9.17) is 4.84 Å². The van der Waals surface area contributed by atoms with Crippen molar-refractivity contribution in [2.24, 2.45) is 5.92 Å². The van der Waals surface area contributed by atoms with Gasteiger partial charge in [-0.15, -0.1) is 0 Å². The number of amides is 2. The Bertz CT molecular complexity index is 604. The fourth-order valence-corrected chi connectivity index (χ4v) is 3.51. The zero-order chi connectivity index (χ0) is 15.8. The number of fused-ring (bicyclic) bond motifs is 1. The quantitative estimate of drug-likeness (QED) is 0.819. The third-order valence-corrected chi connectivity index (χ3v) is 5.13. The molecule has 124 valence electrons. The number of carbonyl (C=O) groups is 2. The highest BCUT2D eigenvalue weighted by Crippen LogP contribution is 2.31. The fraction of sp³-hybridized carbons (Fsp3) is 0.688. The summed E-state index contributed by atoms with van der Waals surface area (Å²) in [5, 5.41) is 1.47. The number of hydrogen-bond acceptors (Lipinski definition) is 4. The summed E-state index contributed by atoms with van der Waals surface area (Å²) in [6, 6.07) is -0.427. The summed E-state index contributed by atoms with van der Waals surface area (Å²) in [4.78, 5) is 36.9. The SMILES string of the molecule is O=C(C1CCC1)N1Cc2cncn2C(C(=O)N2CCCCO2)C1. The first-order valence-electron chi connectivity index (χ1n) is 8.48.